The zero-order chi connectivity index (χ0) is 15.9. The monoisotopic (exact) mass is 324 g/mol. The lowest BCUT2D eigenvalue weighted by Gasteiger charge is -2.16. The van der Waals surface area contributed by atoms with Crippen molar-refractivity contribution in [3.63, 3.8) is 0 Å². The second kappa shape index (κ2) is 5.03. The van der Waals surface area contributed by atoms with Crippen LogP contribution in [0.2, 0.25) is 0 Å². The van der Waals surface area contributed by atoms with Crippen LogP contribution in [-0.2, 0) is 23.6 Å². The summed E-state index contributed by atoms with van der Waals surface area (Å²) in [7, 11) is -0.726. The molecule has 10 nitrogen and oxygen atoms in total. The molecule has 0 aliphatic heterocycles. The fourth-order valence-electron chi connectivity index (χ4n) is 1.93. The largest absolute Gasteiger partial charge is 0.417 e. The summed E-state index contributed by atoms with van der Waals surface area (Å²) in [5.74, 6) is -0.233. The Bertz CT molecular complexity index is 985. The van der Waals surface area contributed by atoms with Gasteiger partial charge >= 0.3 is 5.76 Å². The summed E-state index contributed by atoms with van der Waals surface area (Å²) < 4.78 is 32.5. The first kappa shape index (κ1) is 14.4. The van der Waals surface area contributed by atoms with E-state index in [4.69, 9.17) is 4.42 Å². The number of tetrazole rings is 1. The number of benzene rings is 1. The van der Waals surface area contributed by atoms with Gasteiger partial charge in [-0.15, -0.1) is 5.10 Å². The van der Waals surface area contributed by atoms with E-state index in [0.29, 0.717) is 11.3 Å². The third-order valence-corrected chi connectivity index (χ3v) is 4.97. The first-order valence-corrected chi connectivity index (χ1v) is 7.62. The lowest BCUT2D eigenvalue weighted by atomic mass is 10.3. The zero-order valence-corrected chi connectivity index (χ0v) is 12.5. The summed E-state index contributed by atoms with van der Waals surface area (Å²) in [4.78, 5) is 13.6. The molecule has 3 aromatic rings. The molecule has 1 aromatic carbocycles. The fraction of sp³-hybridized carbons (Fsp3) is 0.273. The Morgan fingerprint density at radius 2 is 2.18 bits per heavy atom. The summed E-state index contributed by atoms with van der Waals surface area (Å²) in [5, 5.41) is 10.9. The van der Waals surface area contributed by atoms with Crippen molar-refractivity contribution < 1.29 is 12.8 Å². The van der Waals surface area contributed by atoms with Gasteiger partial charge in [-0.2, -0.15) is 4.31 Å². The quantitative estimate of drug-likeness (QED) is 0.683. The smallest absolute Gasteiger partial charge is 0.408 e. The van der Waals surface area contributed by atoms with Gasteiger partial charge in [-0.3, -0.25) is 4.98 Å². The molecule has 0 saturated heterocycles. The number of aryl methyl sites for hydroxylation is 1. The summed E-state index contributed by atoms with van der Waals surface area (Å²) in [6.45, 7) is 0.0148. The van der Waals surface area contributed by atoms with Crippen LogP contribution in [0.5, 0.6) is 0 Å². The lowest BCUT2D eigenvalue weighted by molar-refractivity contribution is 0.447. The molecule has 0 fully saturated rings. The summed E-state index contributed by atoms with van der Waals surface area (Å²) in [6, 6.07) is 4.17. The predicted molar refractivity (Wildman–Crippen MR) is 74.3 cm³/mol. The van der Waals surface area contributed by atoms with Gasteiger partial charge in [0.15, 0.2) is 11.4 Å². The van der Waals surface area contributed by atoms with Crippen LogP contribution in [-0.4, -0.2) is 45.0 Å². The van der Waals surface area contributed by atoms with Crippen LogP contribution in [0.1, 0.15) is 5.82 Å². The van der Waals surface area contributed by atoms with E-state index in [2.05, 4.69) is 20.5 Å². The molecule has 2 aromatic heterocycles. The average molecular weight is 324 g/mol. The normalized spacial score (nSPS) is 12.3. The molecular weight excluding hydrogens is 312 g/mol. The number of aromatic amines is 1. The number of sulfonamides is 1. The molecule has 11 heteroatoms. The maximum Gasteiger partial charge on any atom is 0.417 e. The third-order valence-electron chi connectivity index (χ3n) is 3.17. The van der Waals surface area contributed by atoms with E-state index in [9.17, 15) is 13.2 Å². The molecule has 0 atom stereocenters. The van der Waals surface area contributed by atoms with Gasteiger partial charge in [-0.1, -0.05) is 0 Å². The molecule has 0 spiro atoms. The maximum atomic E-state index is 12.5. The number of hydrogen-bond acceptors (Lipinski definition) is 7. The fourth-order valence-corrected chi connectivity index (χ4v) is 3.07. The number of hydrogen-bond donors (Lipinski definition) is 1. The lowest BCUT2D eigenvalue weighted by Crippen LogP contribution is -2.27. The molecule has 0 saturated carbocycles. The van der Waals surface area contributed by atoms with Crippen molar-refractivity contribution in [1.82, 2.24) is 29.5 Å². The van der Waals surface area contributed by atoms with Crippen LogP contribution in [0.25, 0.3) is 11.1 Å². The van der Waals surface area contributed by atoms with Crippen molar-refractivity contribution in [2.75, 3.05) is 7.05 Å². The van der Waals surface area contributed by atoms with Gasteiger partial charge in [0.05, 0.1) is 17.0 Å². The van der Waals surface area contributed by atoms with Crippen LogP contribution >= 0.6 is 0 Å². The molecule has 22 heavy (non-hydrogen) atoms. The van der Waals surface area contributed by atoms with Crippen molar-refractivity contribution in [3.8, 4) is 0 Å². The van der Waals surface area contributed by atoms with E-state index in [-0.39, 0.29) is 17.0 Å². The van der Waals surface area contributed by atoms with Crippen LogP contribution < -0.4 is 5.76 Å². The minimum atomic E-state index is -3.77. The number of H-pyrrole nitrogens is 1. The topological polar surface area (TPSA) is 127 Å². The van der Waals surface area contributed by atoms with Crippen LogP contribution in [0, 0.1) is 0 Å². The molecule has 0 amide bonds. The molecule has 116 valence electrons. The second-order valence-corrected chi connectivity index (χ2v) is 6.70. The first-order valence-electron chi connectivity index (χ1n) is 6.18. The Kier molecular flexibility index (Phi) is 3.30. The first-order chi connectivity index (χ1) is 10.4. The van der Waals surface area contributed by atoms with Gasteiger partial charge in [-0.05, 0) is 22.6 Å². The standard InChI is InChI=1S/C11H12N6O4S/c1-16(6-10-13-14-15-17(10)2)22(19,20)7-3-4-8-9(5-7)21-11(18)12-8/h3-5H,6H2,1-2H3,(H,12,18). The van der Waals surface area contributed by atoms with Crippen molar-refractivity contribution in [1.29, 1.82) is 0 Å². The van der Waals surface area contributed by atoms with Gasteiger partial charge in [-0.25, -0.2) is 17.9 Å². The van der Waals surface area contributed by atoms with E-state index in [0.717, 1.165) is 4.31 Å². The molecule has 0 radical (unpaired) electrons. The molecule has 0 bridgehead atoms. The predicted octanol–water partition coefficient (Wildman–Crippen LogP) is -0.535. The average Bonchev–Trinajstić information content (AvgIpc) is 3.03. The molecule has 0 aliphatic rings. The molecular formula is C11H12N6O4S. The molecule has 3 rings (SSSR count). The highest BCUT2D eigenvalue weighted by Gasteiger charge is 2.23. The van der Waals surface area contributed by atoms with Gasteiger partial charge in [0, 0.05) is 20.2 Å². The number of rotatable bonds is 4. The number of aromatic nitrogens is 5. The summed E-state index contributed by atoms with van der Waals surface area (Å²) >= 11 is 0. The summed E-state index contributed by atoms with van der Waals surface area (Å²) in [6.07, 6.45) is 0. The van der Waals surface area contributed by atoms with E-state index < -0.39 is 15.8 Å². The molecule has 0 unspecified atom stereocenters. The van der Waals surface area contributed by atoms with Crippen molar-refractivity contribution in [2.24, 2.45) is 7.05 Å². The maximum absolute atomic E-state index is 12.5. The van der Waals surface area contributed by atoms with Gasteiger partial charge in [0.2, 0.25) is 10.0 Å². The van der Waals surface area contributed by atoms with Crippen LogP contribution in [0.15, 0.2) is 32.3 Å². The molecule has 0 aliphatic carbocycles. The zero-order valence-electron chi connectivity index (χ0n) is 11.7. The second-order valence-electron chi connectivity index (χ2n) is 4.65. The van der Waals surface area contributed by atoms with Gasteiger partial charge in [0.1, 0.15) is 0 Å². The van der Waals surface area contributed by atoms with Crippen LogP contribution in [0.3, 0.4) is 0 Å². The SMILES string of the molecule is CN(Cc1nnnn1C)S(=O)(=O)c1ccc2[nH]c(=O)oc2c1. The highest BCUT2D eigenvalue weighted by atomic mass is 32.2. The summed E-state index contributed by atoms with van der Waals surface area (Å²) in [5.41, 5.74) is 0.615. The van der Waals surface area contributed by atoms with Gasteiger partial charge < -0.3 is 4.42 Å². The van der Waals surface area contributed by atoms with Crippen LogP contribution in [0.4, 0.5) is 0 Å². The van der Waals surface area contributed by atoms with Crippen molar-refractivity contribution >= 4 is 21.1 Å². The number of nitrogens with one attached hydrogen (secondary N) is 1. The van der Waals surface area contributed by atoms with Crippen molar-refractivity contribution in [2.45, 2.75) is 11.4 Å². The van der Waals surface area contributed by atoms with Gasteiger partial charge in [0.25, 0.3) is 0 Å². The Labute approximate surface area is 124 Å². The Morgan fingerprint density at radius 3 is 2.86 bits per heavy atom. The van der Waals surface area contributed by atoms with E-state index in [1.54, 1.807) is 7.05 Å². The highest BCUT2D eigenvalue weighted by molar-refractivity contribution is 7.89. The van der Waals surface area contributed by atoms with E-state index in [1.807, 2.05) is 0 Å². The highest BCUT2D eigenvalue weighted by Crippen LogP contribution is 2.20. The van der Waals surface area contributed by atoms with E-state index >= 15 is 0 Å². The Balaban J connectivity index is 1.96. The molecule has 2 heterocycles. The Morgan fingerprint density at radius 1 is 1.41 bits per heavy atom. The number of fused-ring (bicyclic) bond motifs is 1. The van der Waals surface area contributed by atoms with E-state index in [1.165, 1.54) is 29.9 Å². The number of oxazole rings is 1. The minimum Gasteiger partial charge on any atom is -0.408 e. The van der Waals surface area contributed by atoms with Crippen molar-refractivity contribution in [3.05, 3.63) is 34.6 Å². The molecule has 1 N–H and O–H groups in total. The Hall–Kier alpha value is -2.53. The minimum absolute atomic E-state index is 0.0142. The number of nitrogens with zero attached hydrogens (tertiary/aromatic N) is 5. The third kappa shape index (κ3) is 2.40.